The van der Waals surface area contributed by atoms with E-state index in [1.807, 2.05) is 19.1 Å². The first-order valence-electron chi connectivity index (χ1n) is 7.10. The quantitative estimate of drug-likeness (QED) is 0.680. The molecule has 2 rings (SSSR count). The van der Waals surface area contributed by atoms with E-state index in [0.717, 1.165) is 5.56 Å². The minimum absolute atomic E-state index is 0.142. The zero-order valence-electron chi connectivity index (χ0n) is 13.0. The Bertz CT molecular complexity index is 735. The molecule has 118 valence electrons. The molecule has 0 saturated carbocycles. The van der Waals surface area contributed by atoms with Crippen LogP contribution in [0.5, 0.6) is 0 Å². The van der Waals surface area contributed by atoms with Crippen LogP contribution in [0.15, 0.2) is 48.5 Å². The molecule has 23 heavy (non-hydrogen) atoms. The highest BCUT2D eigenvalue weighted by atomic mass is 16.5. The third kappa shape index (κ3) is 4.78. The van der Waals surface area contributed by atoms with Gasteiger partial charge in [0, 0.05) is 11.3 Å². The van der Waals surface area contributed by atoms with Gasteiger partial charge in [-0.1, -0.05) is 29.8 Å². The van der Waals surface area contributed by atoms with Crippen LogP contribution in [0.3, 0.4) is 0 Å². The van der Waals surface area contributed by atoms with Crippen molar-refractivity contribution >= 4 is 23.3 Å². The minimum atomic E-state index is -0.646. The van der Waals surface area contributed by atoms with Gasteiger partial charge in [0.1, 0.15) is 0 Å². The van der Waals surface area contributed by atoms with E-state index in [1.165, 1.54) is 19.1 Å². The highest BCUT2D eigenvalue weighted by molar-refractivity contribution is 5.99. The smallest absolute Gasteiger partial charge is 0.338 e. The van der Waals surface area contributed by atoms with Gasteiger partial charge in [0.2, 0.25) is 0 Å². The number of rotatable bonds is 5. The molecule has 0 aliphatic carbocycles. The molecule has 0 aromatic heterocycles. The summed E-state index contributed by atoms with van der Waals surface area (Å²) in [6.45, 7) is 2.97. The van der Waals surface area contributed by atoms with Crippen molar-refractivity contribution in [3.8, 4) is 0 Å². The lowest BCUT2D eigenvalue weighted by Gasteiger charge is -2.07. The monoisotopic (exact) mass is 311 g/mol. The molecule has 1 amide bonds. The van der Waals surface area contributed by atoms with E-state index in [0.29, 0.717) is 11.3 Å². The van der Waals surface area contributed by atoms with Gasteiger partial charge in [-0.2, -0.15) is 0 Å². The highest BCUT2D eigenvalue weighted by Crippen LogP contribution is 2.10. The third-order valence-corrected chi connectivity index (χ3v) is 3.17. The summed E-state index contributed by atoms with van der Waals surface area (Å²) < 4.78 is 4.96. The van der Waals surface area contributed by atoms with Crippen LogP contribution in [-0.2, 0) is 9.53 Å². The molecule has 0 radical (unpaired) electrons. The Labute approximate surface area is 134 Å². The molecule has 0 atom stereocenters. The molecule has 0 bridgehead atoms. The zero-order valence-corrected chi connectivity index (χ0v) is 13.0. The number of carbonyl (C=O) groups excluding carboxylic acids is 3. The van der Waals surface area contributed by atoms with Crippen LogP contribution in [-0.4, -0.2) is 24.3 Å². The number of hydrogen-bond acceptors (Lipinski definition) is 4. The van der Waals surface area contributed by atoms with Gasteiger partial charge in [0.25, 0.3) is 5.91 Å². The number of hydrogen-bond donors (Lipinski definition) is 1. The van der Waals surface area contributed by atoms with Crippen molar-refractivity contribution in [1.82, 2.24) is 0 Å². The minimum Gasteiger partial charge on any atom is -0.452 e. The van der Waals surface area contributed by atoms with Gasteiger partial charge in [0.15, 0.2) is 12.4 Å². The largest absolute Gasteiger partial charge is 0.452 e. The molecule has 0 aliphatic rings. The van der Waals surface area contributed by atoms with Crippen molar-refractivity contribution in [2.45, 2.75) is 13.8 Å². The maximum atomic E-state index is 11.9. The molecule has 0 fully saturated rings. The molecule has 0 heterocycles. The fourth-order valence-electron chi connectivity index (χ4n) is 1.91. The van der Waals surface area contributed by atoms with Gasteiger partial charge < -0.3 is 10.1 Å². The normalized spacial score (nSPS) is 10.0. The Kier molecular flexibility index (Phi) is 5.25. The molecule has 2 aromatic rings. The summed E-state index contributed by atoms with van der Waals surface area (Å²) in [5.41, 5.74) is 2.37. The second kappa shape index (κ2) is 7.35. The number of benzene rings is 2. The van der Waals surface area contributed by atoms with Crippen molar-refractivity contribution in [3.05, 3.63) is 65.2 Å². The molecule has 5 heteroatoms. The number of nitrogens with one attached hydrogen (secondary N) is 1. The average molecular weight is 311 g/mol. The number of ether oxygens (including phenoxy) is 1. The second-order valence-corrected chi connectivity index (χ2v) is 5.13. The number of anilines is 1. The topological polar surface area (TPSA) is 72.5 Å². The molecule has 0 aliphatic heterocycles. The third-order valence-electron chi connectivity index (χ3n) is 3.17. The van der Waals surface area contributed by atoms with E-state index in [2.05, 4.69) is 5.32 Å². The number of aryl methyl sites for hydroxylation is 1. The summed E-state index contributed by atoms with van der Waals surface area (Å²) in [4.78, 5) is 35.0. The van der Waals surface area contributed by atoms with Crippen LogP contribution in [0.1, 0.15) is 33.2 Å². The summed E-state index contributed by atoms with van der Waals surface area (Å²) in [5.74, 6) is -1.21. The lowest BCUT2D eigenvalue weighted by Crippen LogP contribution is -2.21. The molecule has 2 aromatic carbocycles. The molecular weight excluding hydrogens is 294 g/mol. The molecule has 1 N–H and O–H groups in total. The fraction of sp³-hybridized carbons (Fsp3) is 0.167. The Balaban J connectivity index is 1.91. The number of amides is 1. The SMILES string of the molecule is CC(=O)c1cccc(C(=O)OCC(=O)Nc2ccc(C)cc2)c1. The van der Waals surface area contributed by atoms with Crippen molar-refractivity contribution in [2.75, 3.05) is 11.9 Å². The molecular formula is C18H17NO4. The average Bonchev–Trinajstić information content (AvgIpc) is 2.55. The predicted octanol–water partition coefficient (Wildman–Crippen LogP) is 2.99. The van der Waals surface area contributed by atoms with E-state index in [9.17, 15) is 14.4 Å². The lowest BCUT2D eigenvalue weighted by atomic mass is 10.1. The maximum Gasteiger partial charge on any atom is 0.338 e. The highest BCUT2D eigenvalue weighted by Gasteiger charge is 2.12. The van der Waals surface area contributed by atoms with Gasteiger partial charge in [0.05, 0.1) is 5.56 Å². The fourth-order valence-corrected chi connectivity index (χ4v) is 1.91. The van der Waals surface area contributed by atoms with Gasteiger partial charge in [-0.25, -0.2) is 4.79 Å². The molecule has 0 unspecified atom stereocenters. The summed E-state index contributed by atoms with van der Waals surface area (Å²) >= 11 is 0. The van der Waals surface area contributed by atoms with E-state index in [4.69, 9.17) is 4.74 Å². The van der Waals surface area contributed by atoms with Gasteiger partial charge in [-0.15, -0.1) is 0 Å². The zero-order chi connectivity index (χ0) is 16.8. The van der Waals surface area contributed by atoms with Crippen LogP contribution < -0.4 is 5.32 Å². The summed E-state index contributed by atoms with van der Waals surface area (Å²) in [5, 5.41) is 2.64. The lowest BCUT2D eigenvalue weighted by molar-refractivity contribution is -0.119. The molecule has 0 saturated heterocycles. The van der Waals surface area contributed by atoms with Crippen molar-refractivity contribution in [3.63, 3.8) is 0 Å². The van der Waals surface area contributed by atoms with Gasteiger partial charge in [-0.3, -0.25) is 9.59 Å². The van der Waals surface area contributed by atoms with Crippen LogP contribution in [0.2, 0.25) is 0 Å². The molecule has 5 nitrogen and oxygen atoms in total. The van der Waals surface area contributed by atoms with Crippen LogP contribution in [0, 0.1) is 6.92 Å². The number of esters is 1. The first-order valence-corrected chi connectivity index (χ1v) is 7.10. The van der Waals surface area contributed by atoms with E-state index >= 15 is 0 Å². The van der Waals surface area contributed by atoms with Gasteiger partial charge >= 0.3 is 5.97 Å². The van der Waals surface area contributed by atoms with Crippen LogP contribution >= 0.6 is 0 Å². The van der Waals surface area contributed by atoms with Crippen molar-refractivity contribution in [2.24, 2.45) is 0 Å². The van der Waals surface area contributed by atoms with Gasteiger partial charge in [-0.05, 0) is 38.1 Å². The summed E-state index contributed by atoms with van der Waals surface area (Å²) in [6.07, 6.45) is 0. The van der Waals surface area contributed by atoms with E-state index in [-0.39, 0.29) is 11.3 Å². The Morgan fingerprint density at radius 2 is 1.65 bits per heavy atom. The second-order valence-electron chi connectivity index (χ2n) is 5.13. The standard InChI is InChI=1S/C18H17NO4/c1-12-6-8-16(9-7-12)19-17(21)11-23-18(22)15-5-3-4-14(10-15)13(2)20/h3-10H,11H2,1-2H3,(H,19,21). The molecule has 0 spiro atoms. The number of Topliss-reactive ketones (excluding diaryl/α,β-unsaturated/α-hetero) is 1. The van der Waals surface area contributed by atoms with Crippen molar-refractivity contribution in [1.29, 1.82) is 0 Å². The Hall–Kier alpha value is -2.95. The maximum absolute atomic E-state index is 11.9. The van der Waals surface area contributed by atoms with E-state index < -0.39 is 18.5 Å². The predicted molar refractivity (Wildman–Crippen MR) is 86.5 cm³/mol. The Morgan fingerprint density at radius 1 is 1.00 bits per heavy atom. The van der Waals surface area contributed by atoms with Crippen LogP contribution in [0.25, 0.3) is 0 Å². The number of carbonyl (C=O) groups is 3. The first kappa shape index (κ1) is 16.4. The Morgan fingerprint density at radius 3 is 2.30 bits per heavy atom. The van der Waals surface area contributed by atoms with Crippen molar-refractivity contribution < 1.29 is 19.1 Å². The van der Waals surface area contributed by atoms with E-state index in [1.54, 1.807) is 24.3 Å². The first-order chi connectivity index (χ1) is 11.0. The summed E-state index contributed by atoms with van der Waals surface area (Å²) in [7, 11) is 0. The van der Waals surface area contributed by atoms with Crippen LogP contribution in [0.4, 0.5) is 5.69 Å². The summed E-state index contributed by atoms with van der Waals surface area (Å²) in [6, 6.07) is 13.5. The number of ketones is 1.